The van der Waals surface area contributed by atoms with Crippen LogP contribution in [-0.2, 0) is 21.9 Å². The van der Waals surface area contributed by atoms with Gasteiger partial charge in [-0.15, -0.1) is 10.2 Å². The van der Waals surface area contributed by atoms with Crippen LogP contribution < -0.4 is 14.4 Å². The number of hydrogen-bond donors (Lipinski definition) is 1. The van der Waals surface area contributed by atoms with Gasteiger partial charge in [0, 0.05) is 16.3 Å². The number of nitrogens with zero attached hydrogens (tertiary/aromatic N) is 3. The van der Waals surface area contributed by atoms with Gasteiger partial charge in [-0.25, -0.2) is 0 Å². The Kier molecular flexibility index (Phi) is 10.2. The summed E-state index contributed by atoms with van der Waals surface area (Å²) in [6, 6.07) is 37.6. The molecule has 8 nitrogen and oxygen atoms in total. The number of anilines is 1. The van der Waals surface area contributed by atoms with Crippen molar-refractivity contribution in [2.24, 2.45) is 0 Å². The van der Waals surface area contributed by atoms with Gasteiger partial charge in [0.05, 0.1) is 11.6 Å². The molecule has 1 aliphatic heterocycles. The summed E-state index contributed by atoms with van der Waals surface area (Å²) in [6.45, 7) is 2.41. The molecule has 0 saturated carbocycles. The minimum atomic E-state index is -1.02. The van der Waals surface area contributed by atoms with E-state index < -0.39 is 17.7 Å². The number of amides is 1. The molecule has 1 N–H and O–H groups in total. The Hall–Kier alpha value is -5.42. The summed E-state index contributed by atoms with van der Waals surface area (Å²) in [5.74, 6) is 0.262. The van der Waals surface area contributed by atoms with Crippen molar-refractivity contribution in [2.45, 2.75) is 29.7 Å². The Balaban J connectivity index is 1.22. The van der Waals surface area contributed by atoms with Crippen LogP contribution in [-0.4, -0.2) is 27.0 Å². The van der Waals surface area contributed by atoms with Gasteiger partial charge >= 0.3 is 5.91 Å². The second-order valence-electron chi connectivity index (χ2n) is 11.6. The molecule has 0 radical (unpaired) electrons. The lowest BCUT2D eigenvalue weighted by molar-refractivity contribution is -0.132. The van der Waals surface area contributed by atoms with Crippen LogP contribution in [0.4, 0.5) is 5.13 Å². The zero-order valence-electron chi connectivity index (χ0n) is 27.2. The third kappa shape index (κ3) is 7.53. The Labute approximate surface area is 308 Å². The summed E-state index contributed by atoms with van der Waals surface area (Å²) >= 11 is 8.96. The number of para-hydroxylation sites is 1. The number of Topliss-reactive ketones (excluding diaryl/α,β-unsaturated/α-hetero) is 1. The number of halogens is 1. The van der Waals surface area contributed by atoms with Crippen molar-refractivity contribution in [2.75, 3.05) is 4.90 Å². The van der Waals surface area contributed by atoms with Crippen molar-refractivity contribution in [3.8, 4) is 17.2 Å². The number of carbonyl (C=O) groups excluding carboxylic acids is 2. The molecule has 51 heavy (non-hydrogen) atoms. The van der Waals surface area contributed by atoms with Crippen LogP contribution in [0.1, 0.15) is 33.9 Å². The molecule has 1 amide bonds. The molecule has 2 heterocycles. The topological polar surface area (TPSA) is 102 Å². The van der Waals surface area contributed by atoms with Crippen LogP contribution in [0.2, 0.25) is 5.02 Å². The zero-order chi connectivity index (χ0) is 35.3. The van der Waals surface area contributed by atoms with Crippen molar-refractivity contribution < 1.29 is 24.2 Å². The molecular weight excluding hydrogens is 702 g/mol. The first-order chi connectivity index (χ1) is 24.9. The standard InChI is InChI=1S/C40H30ClN3O5S2/c1-25-10-5-6-11-28(25)23-48-30-20-18-26(19-21-30)36(45)34-35(27-13-9-16-32(22-27)49-31-14-3-2-4-15-31)44(38(47)37(34)46)39-42-43-40(51-39)50-24-29-12-7-8-17-33(29)41/h2-22,35,45H,23-24H2,1H3/b36-34+. The first-order valence-corrected chi connectivity index (χ1v) is 18.1. The molecular formula is C40H30ClN3O5S2. The molecule has 6 aromatic rings. The number of aliphatic hydroxyl groups excluding tert-OH is 1. The number of thioether (sulfide) groups is 1. The zero-order valence-corrected chi connectivity index (χ0v) is 29.6. The number of ketones is 1. The number of aromatic nitrogens is 2. The Morgan fingerprint density at radius 3 is 2.29 bits per heavy atom. The minimum Gasteiger partial charge on any atom is -0.507 e. The number of rotatable bonds is 11. The average Bonchev–Trinajstić information content (AvgIpc) is 3.72. The van der Waals surface area contributed by atoms with Crippen molar-refractivity contribution in [3.05, 3.63) is 166 Å². The van der Waals surface area contributed by atoms with Crippen LogP contribution in [0.5, 0.6) is 17.2 Å². The summed E-state index contributed by atoms with van der Waals surface area (Å²) in [7, 11) is 0. The summed E-state index contributed by atoms with van der Waals surface area (Å²) in [6.07, 6.45) is 0. The third-order valence-corrected chi connectivity index (χ3v) is 10.8. The lowest BCUT2D eigenvalue weighted by Gasteiger charge is -2.23. The fourth-order valence-corrected chi connectivity index (χ4v) is 7.78. The van der Waals surface area contributed by atoms with E-state index in [1.54, 1.807) is 48.5 Å². The highest BCUT2D eigenvalue weighted by Gasteiger charge is 2.48. The molecule has 0 aliphatic carbocycles. The normalized spacial score (nSPS) is 15.3. The predicted octanol–water partition coefficient (Wildman–Crippen LogP) is 9.79. The van der Waals surface area contributed by atoms with E-state index in [9.17, 15) is 14.7 Å². The largest absolute Gasteiger partial charge is 0.507 e. The highest BCUT2D eigenvalue weighted by Crippen LogP contribution is 2.45. The Morgan fingerprint density at radius 2 is 1.53 bits per heavy atom. The number of ether oxygens (including phenoxy) is 2. The second-order valence-corrected chi connectivity index (χ2v) is 14.2. The lowest BCUT2D eigenvalue weighted by Crippen LogP contribution is -2.29. The van der Waals surface area contributed by atoms with E-state index in [4.69, 9.17) is 21.1 Å². The van der Waals surface area contributed by atoms with Crippen LogP contribution in [0.3, 0.4) is 0 Å². The smallest absolute Gasteiger partial charge is 0.301 e. The summed E-state index contributed by atoms with van der Waals surface area (Å²) in [5.41, 5.74) is 3.93. The molecule has 1 unspecified atom stereocenters. The number of benzene rings is 5. The molecule has 1 aliphatic rings. The molecule has 1 aromatic heterocycles. The summed E-state index contributed by atoms with van der Waals surface area (Å²) in [4.78, 5) is 29.0. The maximum atomic E-state index is 13.8. The van der Waals surface area contributed by atoms with Crippen LogP contribution >= 0.6 is 34.7 Å². The van der Waals surface area contributed by atoms with Gasteiger partial charge in [0.1, 0.15) is 29.6 Å². The number of hydrogen-bond acceptors (Lipinski definition) is 9. The molecule has 11 heteroatoms. The van der Waals surface area contributed by atoms with E-state index >= 15 is 0 Å². The first-order valence-electron chi connectivity index (χ1n) is 16.0. The van der Waals surface area contributed by atoms with Crippen LogP contribution in [0.25, 0.3) is 5.76 Å². The number of aliphatic hydroxyl groups is 1. The SMILES string of the molecule is Cc1ccccc1COc1ccc(/C(O)=C2\C(=O)C(=O)N(c3nnc(SCc4ccccc4Cl)s3)C2c2cccc(Oc3ccccc3)c2)cc1. The van der Waals surface area contributed by atoms with E-state index in [2.05, 4.69) is 10.2 Å². The van der Waals surface area contributed by atoms with Gasteiger partial charge in [-0.3, -0.25) is 14.5 Å². The number of aryl methyl sites for hydroxylation is 1. The van der Waals surface area contributed by atoms with E-state index in [0.29, 0.717) is 50.1 Å². The molecule has 1 fully saturated rings. The quantitative estimate of drug-likeness (QED) is 0.0462. The summed E-state index contributed by atoms with van der Waals surface area (Å²) < 4.78 is 12.7. The van der Waals surface area contributed by atoms with Gasteiger partial charge < -0.3 is 14.6 Å². The van der Waals surface area contributed by atoms with Crippen molar-refractivity contribution >= 4 is 57.3 Å². The predicted molar refractivity (Wildman–Crippen MR) is 201 cm³/mol. The molecule has 5 aromatic carbocycles. The maximum Gasteiger partial charge on any atom is 0.301 e. The van der Waals surface area contributed by atoms with Crippen molar-refractivity contribution in [1.82, 2.24) is 10.2 Å². The van der Waals surface area contributed by atoms with Crippen LogP contribution in [0.15, 0.2) is 137 Å². The fraction of sp³-hybridized carbons (Fsp3) is 0.100. The second kappa shape index (κ2) is 15.2. The van der Waals surface area contributed by atoms with E-state index in [1.165, 1.54) is 28.0 Å². The molecule has 254 valence electrons. The molecule has 0 bridgehead atoms. The average molecular weight is 732 g/mol. The van der Waals surface area contributed by atoms with Crippen molar-refractivity contribution in [1.29, 1.82) is 0 Å². The van der Waals surface area contributed by atoms with Gasteiger partial charge in [0.25, 0.3) is 5.78 Å². The van der Waals surface area contributed by atoms with Gasteiger partial charge in [-0.05, 0) is 83.8 Å². The van der Waals surface area contributed by atoms with E-state index in [0.717, 1.165) is 16.7 Å². The van der Waals surface area contributed by atoms with Crippen molar-refractivity contribution in [3.63, 3.8) is 0 Å². The lowest BCUT2D eigenvalue weighted by atomic mass is 9.95. The van der Waals surface area contributed by atoms with Crippen LogP contribution in [0, 0.1) is 6.92 Å². The monoisotopic (exact) mass is 731 g/mol. The van der Waals surface area contributed by atoms with Gasteiger partial charge in [-0.1, -0.05) is 107 Å². The molecule has 1 atom stereocenters. The maximum absolute atomic E-state index is 13.8. The molecule has 0 spiro atoms. The highest BCUT2D eigenvalue weighted by atomic mass is 35.5. The summed E-state index contributed by atoms with van der Waals surface area (Å²) in [5, 5.41) is 21.3. The van der Waals surface area contributed by atoms with Gasteiger partial charge in [-0.2, -0.15) is 0 Å². The first kappa shape index (κ1) is 34.0. The van der Waals surface area contributed by atoms with Gasteiger partial charge in [0.15, 0.2) is 4.34 Å². The fourth-order valence-electron chi connectivity index (χ4n) is 5.63. The highest BCUT2D eigenvalue weighted by molar-refractivity contribution is 8.00. The Morgan fingerprint density at radius 1 is 0.824 bits per heavy atom. The third-order valence-electron chi connectivity index (χ3n) is 8.29. The van der Waals surface area contributed by atoms with Gasteiger partial charge in [0.2, 0.25) is 5.13 Å². The minimum absolute atomic E-state index is 0.0779. The molecule has 7 rings (SSSR count). The van der Waals surface area contributed by atoms with E-state index in [-0.39, 0.29) is 16.5 Å². The Bertz CT molecular complexity index is 2240. The molecule has 1 saturated heterocycles. The van der Waals surface area contributed by atoms with E-state index in [1.807, 2.05) is 85.8 Å². The number of carbonyl (C=O) groups is 2.